The first-order chi connectivity index (χ1) is 11.3. The lowest BCUT2D eigenvalue weighted by atomic mass is 10.1. The Hall–Kier alpha value is -2.97. The molecule has 126 valence electrons. The zero-order valence-electron chi connectivity index (χ0n) is 12.5. The van der Waals surface area contributed by atoms with E-state index >= 15 is 0 Å². The first kappa shape index (κ1) is 17.4. The summed E-state index contributed by atoms with van der Waals surface area (Å²) in [5.41, 5.74) is -0.249. The van der Waals surface area contributed by atoms with Gasteiger partial charge in [-0.25, -0.2) is 4.98 Å². The van der Waals surface area contributed by atoms with Gasteiger partial charge < -0.3 is 10.6 Å². The van der Waals surface area contributed by atoms with Crippen molar-refractivity contribution >= 4 is 17.6 Å². The van der Waals surface area contributed by atoms with Gasteiger partial charge in [0.05, 0.1) is 11.6 Å². The highest BCUT2D eigenvalue weighted by molar-refractivity contribution is 6.39. The van der Waals surface area contributed by atoms with Crippen molar-refractivity contribution in [3.05, 3.63) is 54.0 Å². The van der Waals surface area contributed by atoms with Gasteiger partial charge in [-0.1, -0.05) is 6.07 Å². The molecule has 6 nitrogen and oxygen atoms in total. The number of hydrogen-bond donors (Lipinski definition) is 2. The van der Waals surface area contributed by atoms with Crippen LogP contribution >= 0.6 is 0 Å². The summed E-state index contributed by atoms with van der Waals surface area (Å²) in [6, 6.07) is 4.69. The summed E-state index contributed by atoms with van der Waals surface area (Å²) in [5.74, 6) is -2.12. The van der Waals surface area contributed by atoms with E-state index in [1.165, 1.54) is 0 Å². The van der Waals surface area contributed by atoms with Crippen LogP contribution in [0.25, 0.3) is 0 Å². The van der Waals surface area contributed by atoms with Crippen LogP contribution < -0.4 is 10.6 Å². The predicted molar refractivity (Wildman–Crippen MR) is 78.7 cm³/mol. The lowest BCUT2D eigenvalue weighted by Crippen LogP contribution is -2.37. The second-order valence-electron chi connectivity index (χ2n) is 4.87. The number of amides is 2. The van der Waals surface area contributed by atoms with Gasteiger partial charge in [-0.2, -0.15) is 13.2 Å². The Bertz CT molecular complexity index is 718. The molecule has 0 fully saturated rings. The van der Waals surface area contributed by atoms with Gasteiger partial charge in [0.2, 0.25) is 0 Å². The van der Waals surface area contributed by atoms with Crippen molar-refractivity contribution in [3.63, 3.8) is 0 Å². The monoisotopic (exact) mass is 338 g/mol. The lowest BCUT2D eigenvalue weighted by Gasteiger charge is -2.13. The van der Waals surface area contributed by atoms with Gasteiger partial charge in [0, 0.05) is 18.6 Å². The number of nitrogens with zero attached hydrogens (tertiary/aromatic N) is 2. The molecule has 2 rings (SSSR count). The fourth-order valence-corrected chi connectivity index (χ4v) is 1.79. The normalized spacial score (nSPS) is 12.3. The van der Waals surface area contributed by atoms with Crippen molar-refractivity contribution in [2.45, 2.75) is 19.1 Å². The molecule has 0 saturated heterocycles. The minimum absolute atomic E-state index is 0.155. The zero-order valence-corrected chi connectivity index (χ0v) is 12.5. The van der Waals surface area contributed by atoms with Crippen LogP contribution in [0.1, 0.15) is 24.1 Å². The minimum atomic E-state index is -4.52. The molecule has 2 heterocycles. The van der Waals surface area contributed by atoms with Crippen LogP contribution in [0.15, 0.2) is 42.9 Å². The van der Waals surface area contributed by atoms with E-state index in [4.69, 9.17) is 0 Å². The fourth-order valence-electron chi connectivity index (χ4n) is 1.79. The first-order valence-electron chi connectivity index (χ1n) is 6.82. The Morgan fingerprint density at radius 1 is 1.12 bits per heavy atom. The third-order valence-corrected chi connectivity index (χ3v) is 3.07. The molecule has 0 aliphatic heterocycles. The number of aromatic nitrogens is 2. The quantitative estimate of drug-likeness (QED) is 0.841. The molecule has 0 aliphatic rings. The fraction of sp³-hybridized carbons (Fsp3) is 0.200. The number of pyridine rings is 2. The number of anilines is 1. The maximum Gasteiger partial charge on any atom is 0.417 e. The van der Waals surface area contributed by atoms with Crippen molar-refractivity contribution in [2.24, 2.45) is 0 Å². The zero-order chi connectivity index (χ0) is 17.7. The Balaban J connectivity index is 1.95. The van der Waals surface area contributed by atoms with Crippen molar-refractivity contribution in [2.75, 3.05) is 5.32 Å². The third kappa shape index (κ3) is 4.51. The van der Waals surface area contributed by atoms with E-state index in [1.807, 2.05) is 0 Å². The van der Waals surface area contributed by atoms with Crippen molar-refractivity contribution in [1.29, 1.82) is 0 Å². The van der Waals surface area contributed by atoms with E-state index in [0.717, 1.165) is 12.1 Å². The molecule has 0 aliphatic carbocycles. The third-order valence-electron chi connectivity index (χ3n) is 3.07. The minimum Gasteiger partial charge on any atom is -0.341 e. The van der Waals surface area contributed by atoms with Crippen molar-refractivity contribution in [1.82, 2.24) is 15.3 Å². The first-order valence-corrected chi connectivity index (χ1v) is 6.82. The van der Waals surface area contributed by atoms with Crippen LogP contribution in [0.3, 0.4) is 0 Å². The van der Waals surface area contributed by atoms with Gasteiger partial charge in [-0.3, -0.25) is 14.6 Å². The summed E-state index contributed by atoms with van der Waals surface area (Å²) >= 11 is 0. The van der Waals surface area contributed by atoms with E-state index in [-0.39, 0.29) is 5.82 Å². The molecular formula is C15H13F3N4O2. The van der Waals surface area contributed by atoms with Gasteiger partial charge in [-0.15, -0.1) is 0 Å². The molecule has 9 heteroatoms. The Morgan fingerprint density at radius 3 is 2.42 bits per heavy atom. The van der Waals surface area contributed by atoms with Crippen LogP contribution in [0.2, 0.25) is 0 Å². The molecule has 1 unspecified atom stereocenters. The van der Waals surface area contributed by atoms with Gasteiger partial charge in [0.1, 0.15) is 5.82 Å². The van der Waals surface area contributed by atoms with Crippen molar-refractivity contribution < 1.29 is 22.8 Å². The average molecular weight is 338 g/mol. The molecule has 2 amide bonds. The van der Waals surface area contributed by atoms with Crippen LogP contribution in [0.4, 0.5) is 19.0 Å². The number of alkyl halides is 3. The van der Waals surface area contributed by atoms with Crippen LogP contribution in [-0.4, -0.2) is 21.8 Å². The Labute approximate surface area is 135 Å². The molecule has 0 bridgehead atoms. The van der Waals surface area contributed by atoms with Gasteiger partial charge >= 0.3 is 18.0 Å². The molecule has 0 saturated carbocycles. The molecule has 0 spiro atoms. The number of nitrogens with one attached hydrogen (secondary N) is 2. The summed E-state index contributed by atoms with van der Waals surface area (Å²) in [6.45, 7) is 1.67. The number of hydrogen-bond acceptors (Lipinski definition) is 4. The predicted octanol–water partition coefficient (Wildman–Crippen LogP) is 2.31. The summed E-state index contributed by atoms with van der Waals surface area (Å²) in [5, 5.41) is 4.59. The number of carbonyl (C=O) groups is 2. The molecule has 24 heavy (non-hydrogen) atoms. The second-order valence-corrected chi connectivity index (χ2v) is 4.87. The van der Waals surface area contributed by atoms with Gasteiger partial charge in [0.15, 0.2) is 0 Å². The van der Waals surface area contributed by atoms with E-state index in [9.17, 15) is 22.8 Å². The lowest BCUT2D eigenvalue weighted by molar-refractivity contribution is -0.137. The molecule has 0 radical (unpaired) electrons. The van der Waals surface area contributed by atoms with Crippen LogP contribution in [-0.2, 0) is 15.8 Å². The van der Waals surface area contributed by atoms with E-state index in [1.54, 1.807) is 31.5 Å². The number of carbonyl (C=O) groups excluding carboxylic acids is 2. The maximum atomic E-state index is 12.4. The SMILES string of the molecule is CC(NC(=O)C(=O)Nc1ccc(C(F)(F)F)cn1)c1cccnc1. The Kier molecular flexibility index (Phi) is 5.12. The highest BCUT2D eigenvalue weighted by Gasteiger charge is 2.30. The molecular weight excluding hydrogens is 325 g/mol. The maximum absolute atomic E-state index is 12.4. The van der Waals surface area contributed by atoms with E-state index in [0.29, 0.717) is 11.8 Å². The standard InChI is InChI=1S/C15H13F3N4O2/c1-9(10-3-2-6-19-7-10)21-13(23)14(24)22-12-5-4-11(8-20-12)15(16,17)18/h2-9H,1H3,(H,21,23)(H,20,22,24). The second kappa shape index (κ2) is 7.07. The molecule has 2 aromatic heterocycles. The summed E-state index contributed by atoms with van der Waals surface area (Å²) in [6.07, 6.45) is -0.834. The van der Waals surface area contributed by atoms with Crippen LogP contribution in [0.5, 0.6) is 0 Å². The van der Waals surface area contributed by atoms with Crippen LogP contribution in [0, 0.1) is 0 Å². The molecule has 2 aromatic rings. The number of rotatable bonds is 3. The summed E-state index contributed by atoms with van der Waals surface area (Å²) in [7, 11) is 0. The van der Waals surface area contributed by atoms with Gasteiger partial charge in [-0.05, 0) is 30.7 Å². The molecule has 2 N–H and O–H groups in total. The summed E-state index contributed by atoms with van der Waals surface area (Å²) in [4.78, 5) is 30.9. The topological polar surface area (TPSA) is 84.0 Å². The molecule has 1 atom stereocenters. The van der Waals surface area contributed by atoms with E-state index < -0.39 is 29.6 Å². The average Bonchev–Trinajstić information content (AvgIpc) is 2.55. The number of halogens is 3. The molecule has 0 aromatic carbocycles. The smallest absolute Gasteiger partial charge is 0.341 e. The summed E-state index contributed by atoms with van der Waals surface area (Å²) < 4.78 is 37.3. The Morgan fingerprint density at radius 2 is 1.88 bits per heavy atom. The largest absolute Gasteiger partial charge is 0.417 e. The van der Waals surface area contributed by atoms with Crippen molar-refractivity contribution in [3.8, 4) is 0 Å². The van der Waals surface area contributed by atoms with Gasteiger partial charge in [0.25, 0.3) is 0 Å². The highest BCUT2D eigenvalue weighted by Crippen LogP contribution is 2.28. The van der Waals surface area contributed by atoms with E-state index in [2.05, 4.69) is 20.6 Å². The highest BCUT2D eigenvalue weighted by atomic mass is 19.4.